The van der Waals surface area contributed by atoms with E-state index in [1.807, 2.05) is 0 Å². The molecule has 40 valence electrons. The minimum absolute atomic E-state index is 0.430. The van der Waals surface area contributed by atoms with E-state index in [4.69, 9.17) is 12.8 Å². The molecule has 0 heteroatoms. The Kier molecular flexibility index (Phi) is 5.02. The van der Waals surface area contributed by atoms with E-state index < -0.39 is 0 Å². The van der Waals surface area contributed by atoms with E-state index in [1.165, 1.54) is 0 Å². The van der Waals surface area contributed by atoms with Gasteiger partial charge in [-0.25, -0.2) is 0 Å². The maximum absolute atomic E-state index is 4.90. The summed E-state index contributed by atoms with van der Waals surface area (Å²) in [4.78, 5) is 0. The van der Waals surface area contributed by atoms with Crippen LogP contribution >= 0.6 is 0 Å². The largest absolute Gasteiger partial charge is 0.119 e. The molecule has 0 atom stereocenters. The summed E-state index contributed by atoms with van der Waals surface area (Å²) in [5, 5.41) is 0. The van der Waals surface area contributed by atoms with Gasteiger partial charge in [0.2, 0.25) is 0 Å². The molecule has 0 aromatic rings. The van der Waals surface area contributed by atoms with Crippen LogP contribution in [0.2, 0.25) is 0 Å². The van der Waals surface area contributed by atoms with E-state index in [-0.39, 0.29) is 0 Å². The molecule has 0 aromatic heterocycles. The molecule has 0 radical (unpaired) electrons. The van der Waals surface area contributed by atoms with Crippen LogP contribution < -0.4 is 0 Å². The standard InChI is InChI=1S/C9H4/c1-3-5-7-9-8-6-4-2/h1-2H,5H2. The Labute approximate surface area is 55.7 Å². The maximum atomic E-state index is 4.90. The van der Waals surface area contributed by atoms with Crippen molar-refractivity contribution in [1.29, 1.82) is 0 Å². The minimum atomic E-state index is 0.430. The Bertz CT molecular complexity index is 260. The molecule has 0 saturated carbocycles. The van der Waals surface area contributed by atoms with Crippen LogP contribution in [0.5, 0.6) is 0 Å². The molecule has 0 aliphatic heterocycles. The van der Waals surface area contributed by atoms with Crippen LogP contribution in [-0.2, 0) is 0 Å². The lowest BCUT2D eigenvalue weighted by Crippen LogP contribution is -1.55. The molecule has 0 aliphatic rings. The SMILES string of the molecule is C#CC#CC#CCC#C. The van der Waals surface area contributed by atoms with E-state index in [2.05, 4.69) is 35.5 Å². The van der Waals surface area contributed by atoms with Gasteiger partial charge in [-0.15, -0.1) is 12.8 Å². The maximum Gasteiger partial charge on any atom is 0.0710 e. The fraction of sp³-hybridized carbons (Fsp3) is 0.111. The van der Waals surface area contributed by atoms with Crippen molar-refractivity contribution in [2.75, 3.05) is 0 Å². The van der Waals surface area contributed by atoms with Crippen molar-refractivity contribution in [2.24, 2.45) is 0 Å². The Balaban J connectivity index is 3.69. The lowest BCUT2D eigenvalue weighted by molar-refractivity contribution is 1.57. The van der Waals surface area contributed by atoms with Crippen molar-refractivity contribution in [3.8, 4) is 48.4 Å². The van der Waals surface area contributed by atoms with E-state index in [0.29, 0.717) is 6.42 Å². The lowest BCUT2D eigenvalue weighted by Gasteiger charge is -1.61. The van der Waals surface area contributed by atoms with Gasteiger partial charge in [-0.2, -0.15) is 0 Å². The molecule has 0 aliphatic carbocycles. The average molecular weight is 112 g/mol. The van der Waals surface area contributed by atoms with E-state index in [1.54, 1.807) is 0 Å². The first-order chi connectivity index (χ1) is 4.41. The van der Waals surface area contributed by atoms with Gasteiger partial charge in [0, 0.05) is 0 Å². The summed E-state index contributed by atoms with van der Waals surface area (Å²) >= 11 is 0. The van der Waals surface area contributed by atoms with Crippen molar-refractivity contribution < 1.29 is 0 Å². The van der Waals surface area contributed by atoms with Gasteiger partial charge < -0.3 is 0 Å². The Hall–Kier alpha value is -1.76. The van der Waals surface area contributed by atoms with Crippen LogP contribution in [-0.4, -0.2) is 0 Å². The van der Waals surface area contributed by atoms with E-state index >= 15 is 0 Å². The summed E-state index contributed by atoms with van der Waals surface area (Å²) in [6.45, 7) is 0. The highest BCUT2D eigenvalue weighted by molar-refractivity contribution is 5.34. The molecule has 0 unspecified atom stereocenters. The molecule has 0 amide bonds. The normalized spacial score (nSPS) is 4.22. The first kappa shape index (κ1) is 7.24. The summed E-state index contributed by atoms with van der Waals surface area (Å²) in [6.07, 6.45) is 10.1. The van der Waals surface area contributed by atoms with Crippen LogP contribution in [0.3, 0.4) is 0 Å². The summed E-state index contributed by atoms with van der Waals surface area (Å²) in [7, 11) is 0. The second-order valence-corrected chi connectivity index (χ2v) is 1.08. The van der Waals surface area contributed by atoms with E-state index in [0.717, 1.165) is 0 Å². The average Bonchev–Trinajstić information content (AvgIpc) is 1.89. The first-order valence-corrected chi connectivity index (χ1v) is 2.28. The highest BCUT2D eigenvalue weighted by Crippen LogP contribution is 1.64. The smallest absolute Gasteiger partial charge is 0.0710 e. The molecule has 0 spiro atoms. The summed E-state index contributed by atoms with van der Waals surface area (Å²) in [6, 6.07) is 0. The molecule has 0 fully saturated rings. The van der Waals surface area contributed by atoms with E-state index in [9.17, 15) is 0 Å². The fourth-order valence-corrected chi connectivity index (χ4v) is 0.207. The second kappa shape index (κ2) is 6.24. The van der Waals surface area contributed by atoms with Crippen molar-refractivity contribution in [3.05, 3.63) is 0 Å². The third-order valence-electron chi connectivity index (χ3n) is 0.476. The molecule has 0 rings (SSSR count). The summed E-state index contributed by atoms with van der Waals surface area (Å²) in [5.74, 6) is 14.4. The minimum Gasteiger partial charge on any atom is -0.119 e. The Morgan fingerprint density at radius 1 is 1.00 bits per heavy atom. The van der Waals surface area contributed by atoms with Crippen LogP contribution in [0.4, 0.5) is 0 Å². The van der Waals surface area contributed by atoms with Crippen LogP contribution in [0.25, 0.3) is 0 Å². The quantitative estimate of drug-likeness (QED) is 0.403. The fourth-order valence-electron chi connectivity index (χ4n) is 0.207. The second-order valence-electron chi connectivity index (χ2n) is 1.08. The van der Waals surface area contributed by atoms with Gasteiger partial charge in [0.15, 0.2) is 0 Å². The van der Waals surface area contributed by atoms with Gasteiger partial charge in [0.25, 0.3) is 0 Å². The third kappa shape index (κ3) is 6.24. The van der Waals surface area contributed by atoms with Gasteiger partial charge in [-0.05, 0) is 23.7 Å². The van der Waals surface area contributed by atoms with Gasteiger partial charge in [0.1, 0.15) is 0 Å². The van der Waals surface area contributed by atoms with Gasteiger partial charge in [-0.3, -0.25) is 0 Å². The van der Waals surface area contributed by atoms with Crippen LogP contribution in [0.1, 0.15) is 6.42 Å². The summed E-state index contributed by atoms with van der Waals surface area (Å²) < 4.78 is 0. The highest BCUT2D eigenvalue weighted by Gasteiger charge is 1.58. The number of rotatable bonds is 0. The molecule has 0 saturated heterocycles. The molecule has 0 heterocycles. The monoisotopic (exact) mass is 112 g/mol. The predicted octanol–water partition coefficient (Wildman–Crippen LogP) is 0.650. The predicted molar refractivity (Wildman–Crippen MR) is 37.8 cm³/mol. The van der Waals surface area contributed by atoms with Crippen LogP contribution in [0, 0.1) is 48.4 Å². The third-order valence-corrected chi connectivity index (χ3v) is 0.476. The molecule has 0 bridgehead atoms. The number of hydrogen-bond donors (Lipinski definition) is 0. The lowest BCUT2D eigenvalue weighted by atomic mass is 10.4. The topological polar surface area (TPSA) is 0 Å². The Morgan fingerprint density at radius 3 is 2.33 bits per heavy atom. The number of terminal acetylenes is 2. The molecular formula is C9H4. The zero-order valence-electron chi connectivity index (χ0n) is 4.86. The molecule has 0 nitrogen and oxygen atoms in total. The number of hydrogen-bond acceptors (Lipinski definition) is 0. The van der Waals surface area contributed by atoms with Crippen molar-refractivity contribution in [2.45, 2.75) is 6.42 Å². The molecular weight excluding hydrogens is 108 g/mol. The zero-order chi connectivity index (χ0) is 6.95. The van der Waals surface area contributed by atoms with Gasteiger partial charge >= 0.3 is 0 Å². The van der Waals surface area contributed by atoms with Crippen molar-refractivity contribution in [1.82, 2.24) is 0 Å². The van der Waals surface area contributed by atoms with Gasteiger partial charge in [-0.1, -0.05) is 11.8 Å². The van der Waals surface area contributed by atoms with Crippen molar-refractivity contribution >= 4 is 0 Å². The van der Waals surface area contributed by atoms with Gasteiger partial charge in [0.05, 0.1) is 6.42 Å². The molecule has 0 aromatic carbocycles. The first-order valence-electron chi connectivity index (χ1n) is 2.28. The molecule has 0 N–H and O–H groups in total. The summed E-state index contributed by atoms with van der Waals surface area (Å²) in [5.41, 5.74) is 0. The zero-order valence-corrected chi connectivity index (χ0v) is 4.86. The highest BCUT2D eigenvalue weighted by atomic mass is 13.6. The molecule has 9 heavy (non-hydrogen) atoms. The van der Waals surface area contributed by atoms with Crippen LogP contribution in [0.15, 0.2) is 0 Å². The Morgan fingerprint density at radius 2 is 1.78 bits per heavy atom. The van der Waals surface area contributed by atoms with Crippen molar-refractivity contribution in [3.63, 3.8) is 0 Å².